The summed E-state index contributed by atoms with van der Waals surface area (Å²) in [6.07, 6.45) is 7.71. The number of benzene rings is 2. The van der Waals surface area contributed by atoms with Crippen LogP contribution in [0, 0.1) is 0 Å². The lowest BCUT2D eigenvalue weighted by atomic mass is 9.90. The van der Waals surface area contributed by atoms with E-state index in [0.717, 1.165) is 75.8 Å². The molecule has 1 aliphatic rings. The van der Waals surface area contributed by atoms with Gasteiger partial charge in [-0.3, -0.25) is 0 Å². The van der Waals surface area contributed by atoms with E-state index in [1.807, 2.05) is 18.4 Å². The summed E-state index contributed by atoms with van der Waals surface area (Å²) in [5.41, 5.74) is 3.50. The first-order valence-electron chi connectivity index (χ1n) is 15.4. The van der Waals surface area contributed by atoms with Crippen LogP contribution in [0.1, 0.15) is 87.8 Å². The Morgan fingerprint density at radius 1 is 0.900 bits per heavy atom. The van der Waals surface area contributed by atoms with Gasteiger partial charge in [-0.1, -0.05) is 70.4 Å². The van der Waals surface area contributed by atoms with Gasteiger partial charge in [0, 0.05) is 60.5 Å². The molecule has 3 aromatic rings. The highest BCUT2D eigenvalue weighted by molar-refractivity contribution is 7.19. The van der Waals surface area contributed by atoms with Crippen molar-refractivity contribution < 1.29 is 18.9 Å². The van der Waals surface area contributed by atoms with Gasteiger partial charge >= 0.3 is 0 Å². The van der Waals surface area contributed by atoms with Crippen LogP contribution in [0.3, 0.4) is 0 Å². The molecule has 2 aromatic carbocycles. The molecule has 1 saturated heterocycles. The number of ether oxygens (including phenoxy) is 4. The maximum atomic E-state index is 6.86. The van der Waals surface area contributed by atoms with Gasteiger partial charge in [-0.25, -0.2) is 0 Å². The van der Waals surface area contributed by atoms with Gasteiger partial charge in [-0.05, 0) is 48.4 Å². The fraction of sp³-hybridized carbons (Fsp3) is 0.588. The van der Waals surface area contributed by atoms with E-state index in [2.05, 4.69) is 74.6 Å². The van der Waals surface area contributed by atoms with Gasteiger partial charge in [0.1, 0.15) is 12.2 Å². The normalized spacial score (nSPS) is 21.2. The summed E-state index contributed by atoms with van der Waals surface area (Å²) < 4.78 is 27.4. The molecule has 0 aliphatic carbocycles. The summed E-state index contributed by atoms with van der Waals surface area (Å²) in [4.78, 5) is 1.37. The van der Waals surface area contributed by atoms with Gasteiger partial charge in [0.15, 0.2) is 0 Å². The molecule has 1 N–H and O–H groups in total. The molecule has 0 bridgehead atoms. The monoisotopic (exact) mass is 567 g/mol. The zero-order valence-corrected chi connectivity index (χ0v) is 25.8. The van der Waals surface area contributed by atoms with Crippen LogP contribution in [0.2, 0.25) is 0 Å². The van der Waals surface area contributed by atoms with Crippen LogP contribution in [-0.2, 0) is 25.4 Å². The Balaban J connectivity index is 1.63. The average molecular weight is 568 g/mol. The SMILES string of the molecule is CCCCOC[C@@H]1C[C@H](OCCCC)[C@@H](OCCCC)[C@H](c2cc(Cc3cc4ccccc4s3)ccc2NC)O1. The maximum Gasteiger partial charge on any atom is 0.114 e. The Hall–Kier alpha value is -1.96. The van der Waals surface area contributed by atoms with Crippen molar-refractivity contribution in [3.05, 3.63) is 64.5 Å². The van der Waals surface area contributed by atoms with Crippen molar-refractivity contribution in [1.82, 2.24) is 0 Å². The molecule has 1 fully saturated rings. The molecule has 6 heteroatoms. The molecule has 2 heterocycles. The predicted octanol–water partition coefficient (Wildman–Crippen LogP) is 8.55. The highest BCUT2D eigenvalue weighted by Gasteiger charge is 2.42. The van der Waals surface area contributed by atoms with Crippen LogP contribution in [0.4, 0.5) is 5.69 Å². The topological polar surface area (TPSA) is 49.0 Å². The minimum atomic E-state index is -0.234. The zero-order valence-electron chi connectivity index (χ0n) is 25.0. The van der Waals surface area contributed by atoms with E-state index in [-0.39, 0.29) is 24.4 Å². The van der Waals surface area contributed by atoms with Crippen LogP contribution in [0.15, 0.2) is 48.5 Å². The van der Waals surface area contributed by atoms with E-state index >= 15 is 0 Å². The first kappa shape index (κ1) is 31.0. The number of hydrogen-bond acceptors (Lipinski definition) is 6. The van der Waals surface area contributed by atoms with Gasteiger partial charge in [-0.2, -0.15) is 0 Å². The number of nitrogens with one attached hydrogen (secondary N) is 1. The molecule has 4 atom stereocenters. The van der Waals surface area contributed by atoms with Gasteiger partial charge in [0.05, 0.1) is 18.8 Å². The molecule has 0 spiro atoms. The van der Waals surface area contributed by atoms with E-state index in [9.17, 15) is 0 Å². The maximum absolute atomic E-state index is 6.86. The van der Waals surface area contributed by atoms with Crippen LogP contribution in [0.5, 0.6) is 0 Å². The molecule has 0 amide bonds. The van der Waals surface area contributed by atoms with Gasteiger partial charge < -0.3 is 24.3 Å². The number of fused-ring (bicyclic) bond motifs is 1. The Morgan fingerprint density at radius 3 is 2.40 bits per heavy atom. The van der Waals surface area contributed by atoms with Crippen LogP contribution < -0.4 is 5.32 Å². The second kappa shape index (κ2) is 16.5. The van der Waals surface area contributed by atoms with Crippen molar-refractivity contribution in [3.8, 4) is 0 Å². The number of hydrogen-bond donors (Lipinski definition) is 1. The third-order valence-electron chi connectivity index (χ3n) is 7.63. The molecule has 1 aliphatic heterocycles. The van der Waals surface area contributed by atoms with Crippen molar-refractivity contribution >= 4 is 27.1 Å². The molecule has 220 valence electrons. The van der Waals surface area contributed by atoms with E-state index in [0.29, 0.717) is 13.2 Å². The van der Waals surface area contributed by atoms with Crippen molar-refractivity contribution in [2.24, 2.45) is 0 Å². The standard InChI is InChI=1S/C34H49NO4S/c1-5-8-17-36-24-27-23-31(37-18-9-6-2)34(38-19-10-7-3)33(39-27)29-21-25(15-16-30(29)35-4)20-28-22-26-13-11-12-14-32(26)40-28/h11-16,21-22,27,31,33-35H,5-10,17-20,23-24H2,1-4H3/t27-,31-,33-,34+/m0/s1. The van der Waals surface area contributed by atoms with Crippen LogP contribution >= 0.6 is 11.3 Å². The van der Waals surface area contributed by atoms with Crippen molar-refractivity contribution in [2.45, 2.75) is 96.6 Å². The smallest absolute Gasteiger partial charge is 0.114 e. The highest BCUT2D eigenvalue weighted by Crippen LogP contribution is 2.40. The molecule has 4 rings (SSSR count). The molecule has 0 radical (unpaired) electrons. The number of thiophene rings is 1. The summed E-state index contributed by atoms with van der Waals surface area (Å²) >= 11 is 1.87. The van der Waals surface area contributed by atoms with Crippen molar-refractivity contribution in [1.29, 1.82) is 0 Å². The first-order chi connectivity index (χ1) is 19.7. The zero-order chi connectivity index (χ0) is 28.2. The van der Waals surface area contributed by atoms with Crippen molar-refractivity contribution in [2.75, 3.05) is 38.8 Å². The van der Waals surface area contributed by atoms with Gasteiger partial charge in [0.25, 0.3) is 0 Å². The minimum absolute atomic E-state index is 0.0297. The second-order valence-electron chi connectivity index (χ2n) is 10.9. The summed E-state index contributed by atoms with van der Waals surface area (Å²) in [5.74, 6) is 0. The van der Waals surface area contributed by atoms with Gasteiger partial charge in [-0.15, -0.1) is 11.3 Å². The minimum Gasteiger partial charge on any atom is -0.388 e. The van der Waals surface area contributed by atoms with E-state index in [1.165, 1.54) is 20.5 Å². The lowest BCUT2D eigenvalue weighted by Crippen LogP contribution is -2.48. The fourth-order valence-electron chi connectivity index (χ4n) is 5.36. The quantitative estimate of drug-likeness (QED) is 0.166. The largest absolute Gasteiger partial charge is 0.388 e. The lowest BCUT2D eigenvalue weighted by molar-refractivity contribution is -0.213. The molecule has 40 heavy (non-hydrogen) atoms. The number of anilines is 1. The molecule has 1 aromatic heterocycles. The summed E-state index contributed by atoms with van der Waals surface area (Å²) in [7, 11) is 1.99. The third kappa shape index (κ3) is 8.53. The second-order valence-corrected chi connectivity index (χ2v) is 12.1. The number of unbranched alkanes of at least 4 members (excludes halogenated alkanes) is 3. The third-order valence-corrected chi connectivity index (χ3v) is 8.75. The van der Waals surface area contributed by atoms with Crippen molar-refractivity contribution in [3.63, 3.8) is 0 Å². The van der Waals surface area contributed by atoms with Gasteiger partial charge in [0.2, 0.25) is 0 Å². The fourth-order valence-corrected chi connectivity index (χ4v) is 6.46. The molecule has 5 nitrogen and oxygen atoms in total. The number of rotatable bonds is 17. The predicted molar refractivity (Wildman–Crippen MR) is 168 cm³/mol. The van der Waals surface area contributed by atoms with E-state index in [4.69, 9.17) is 18.9 Å². The molecular formula is C34H49NO4S. The van der Waals surface area contributed by atoms with E-state index in [1.54, 1.807) is 0 Å². The van der Waals surface area contributed by atoms with E-state index < -0.39 is 0 Å². The Labute approximate surface area is 245 Å². The summed E-state index contributed by atoms with van der Waals surface area (Å²) in [5, 5.41) is 4.74. The lowest BCUT2D eigenvalue weighted by Gasteiger charge is -2.42. The highest BCUT2D eigenvalue weighted by atomic mass is 32.1. The Morgan fingerprint density at radius 2 is 1.65 bits per heavy atom. The average Bonchev–Trinajstić information content (AvgIpc) is 3.38. The molecule has 0 unspecified atom stereocenters. The molecule has 0 saturated carbocycles. The summed E-state index contributed by atoms with van der Waals surface area (Å²) in [6.45, 7) is 9.41. The Kier molecular flexibility index (Phi) is 12.8. The van der Waals surface area contributed by atoms with Crippen LogP contribution in [-0.4, -0.2) is 51.8 Å². The van der Waals surface area contributed by atoms with Crippen LogP contribution in [0.25, 0.3) is 10.1 Å². The summed E-state index contributed by atoms with van der Waals surface area (Å²) in [6, 6.07) is 17.7. The molecular weight excluding hydrogens is 518 g/mol. The first-order valence-corrected chi connectivity index (χ1v) is 16.2. The Bertz CT molecular complexity index is 1110.